The van der Waals surface area contributed by atoms with Crippen molar-refractivity contribution in [2.75, 3.05) is 0 Å². The zero-order chi connectivity index (χ0) is 11.3. The van der Waals surface area contributed by atoms with Crippen molar-refractivity contribution < 1.29 is 4.79 Å². The predicted molar refractivity (Wildman–Crippen MR) is 62.4 cm³/mol. The van der Waals surface area contributed by atoms with Crippen molar-refractivity contribution in [2.24, 2.45) is 11.7 Å². The smallest absolute Gasteiger partial charge is 0.221 e. The molecular formula is C12H24N2O. The molecule has 1 aliphatic carbocycles. The lowest BCUT2D eigenvalue weighted by molar-refractivity contribution is -0.122. The van der Waals surface area contributed by atoms with Gasteiger partial charge in [0.2, 0.25) is 5.91 Å². The van der Waals surface area contributed by atoms with Gasteiger partial charge in [-0.15, -0.1) is 0 Å². The van der Waals surface area contributed by atoms with Crippen LogP contribution >= 0.6 is 0 Å². The fraction of sp³-hybridized carbons (Fsp3) is 0.917. The van der Waals surface area contributed by atoms with Gasteiger partial charge in [0.05, 0.1) is 0 Å². The number of carbonyl (C=O) groups excluding carboxylic acids is 1. The van der Waals surface area contributed by atoms with E-state index in [1.54, 1.807) is 0 Å². The molecule has 3 N–H and O–H groups in total. The van der Waals surface area contributed by atoms with Crippen molar-refractivity contribution >= 4 is 5.91 Å². The van der Waals surface area contributed by atoms with E-state index in [-0.39, 0.29) is 11.9 Å². The first kappa shape index (κ1) is 12.5. The van der Waals surface area contributed by atoms with Crippen LogP contribution in [0.4, 0.5) is 0 Å². The summed E-state index contributed by atoms with van der Waals surface area (Å²) in [4.78, 5) is 11.5. The van der Waals surface area contributed by atoms with Gasteiger partial charge in [-0.25, -0.2) is 0 Å². The largest absolute Gasteiger partial charge is 0.353 e. The molecule has 0 aromatic carbocycles. The van der Waals surface area contributed by atoms with Gasteiger partial charge < -0.3 is 11.1 Å². The summed E-state index contributed by atoms with van der Waals surface area (Å²) < 4.78 is 0. The Hall–Kier alpha value is -0.570. The van der Waals surface area contributed by atoms with Crippen molar-refractivity contribution in [1.29, 1.82) is 0 Å². The summed E-state index contributed by atoms with van der Waals surface area (Å²) in [5.74, 6) is 0.777. The highest BCUT2D eigenvalue weighted by molar-refractivity contribution is 5.76. The minimum absolute atomic E-state index is 0.0384. The average Bonchev–Trinajstić information content (AvgIpc) is 2.17. The Bertz CT molecular complexity index is 198. The van der Waals surface area contributed by atoms with Gasteiger partial charge in [-0.1, -0.05) is 19.3 Å². The number of rotatable bonds is 4. The molecule has 0 radical (unpaired) electrons. The SMILES string of the molecule is CC(N)CC(=O)N[C@@H](C)C1CCCCC1. The van der Waals surface area contributed by atoms with Crippen LogP contribution in [0.2, 0.25) is 0 Å². The molecule has 1 amide bonds. The Morgan fingerprint density at radius 2 is 1.93 bits per heavy atom. The molecule has 3 nitrogen and oxygen atoms in total. The molecule has 0 aromatic heterocycles. The number of nitrogens with two attached hydrogens (primary N) is 1. The fourth-order valence-corrected chi connectivity index (χ4v) is 2.36. The van der Waals surface area contributed by atoms with Gasteiger partial charge in [-0.3, -0.25) is 4.79 Å². The number of carbonyl (C=O) groups is 1. The molecule has 1 fully saturated rings. The van der Waals surface area contributed by atoms with Crippen molar-refractivity contribution in [3.8, 4) is 0 Å². The molecular weight excluding hydrogens is 188 g/mol. The number of hydrogen-bond acceptors (Lipinski definition) is 2. The molecule has 3 heteroatoms. The summed E-state index contributed by atoms with van der Waals surface area (Å²) in [5, 5.41) is 3.06. The van der Waals surface area contributed by atoms with E-state index in [4.69, 9.17) is 5.73 Å². The second kappa shape index (κ2) is 6.11. The Morgan fingerprint density at radius 1 is 1.33 bits per heavy atom. The van der Waals surface area contributed by atoms with Crippen LogP contribution in [0.15, 0.2) is 0 Å². The number of hydrogen-bond donors (Lipinski definition) is 2. The maximum absolute atomic E-state index is 11.5. The minimum atomic E-state index is -0.0384. The Labute approximate surface area is 92.8 Å². The average molecular weight is 212 g/mol. The van der Waals surface area contributed by atoms with Gasteiger partial charge in [-0.2, -0.15) is 0 Å². The van der Waals surface area contributed by atoms with Gasteiger partial charge >= 0.3 is 0 Å². The van der Waals surface area contributed by atoms with Crippen LogP contribution in [0.25, 0.3) is 0 Å². The van der Waals surface area contributed by atoms with Crippen molar-refractivity contribution in [3.63, 3.8) is 0 Å². The van der Waals surface area contributed by atoms with E-state index in [0.717, 1.165) is 0 Å². The normalized spacial score (nSPS) is 22.1. The number of nitrogens with one attached hydrogen (secondary N) is 1. The van der Waals surface area contributed by atoms with Crippen molar-refractivity contribution in [3.05, 3.63) is 0 Å². The quantitative estimate of drug-likeness (QED) is 0.746. The van der Waals surface area contributed by atoms with Gasteiger partial charge in [0.15, 0.2) is 0 Å². The molecule has 1 rings (SSSR count). The first-order valence-electron chi connectivity index (χ1n) is 6.14. The lowest BCUT2D eigenvalue weighted by atomic mass is 9.84. The zero-order valence-electron chi connectivity index (χ0n) is 9.96. The fourth-order valence-electron chi connectivity index (χ4n) is 2.36. The zero-order valence-corrected chi connectivity index (χ0v) is 9.96. The van der Waals surface area contributed by atoms with Gasteiger partial charge in [0.25, 0.3) is 0 Å². The maximum atomic E-state index is 11.5. The molecule has 2 atom stereocenters. The molecule has 0 saturated heterocycles. The van der Waals surface area contributed by atoms with E-state index in [1.165, 1.54) is 32.1 Å². The predicted octanol–water partition coefficient (Wildman–Crippen LogP) is 1.81. The monoisotopic (exact) mass is 212 g/mol. The van der Waals surface area contributed by atoms with Crippen molar-refractivity contribution in [2.45, 2.75) is 64.5 Å². The van der Waals surface area contributed by atoms with Crippen LogP contribution in [-0.2, 0) is 4.79 Å². The van der Waals surface area contributed by atoms with Crippen LogP contribution in [0.5, 0.6) is 0 Å². The third kappa shape index (κ3) is 4.65. The third-order valence-electron chi connectivity index (χ3n) is 3.25. The Balaban J connectivity index is 2.27. The van der Waals surface area contributed by atoms with E-state index in [0.29, 0.717) is 18.4 Å². The number of amides is 1. The third-order valence-corrected chi connectivity index (χ3v) is 3.25. The molecule has 0 spiro atoms. The van der Waals surface area contributed by atoms with Crippen molar-refractivity contribution in [1.82, 2.24) is 5.32 Å². The first-order valence-corrected chi connectivity index (χ1v) is 6.14. The van der Waals surface area contributed by atoms with Gasteiger partial charge in [-0.05, 0) is 32.6 Å². The molecule has 0 heterocycles. The second-order valence-corrected chi connectivity index (χ2v) is 4.94. The first-order chi connectivity index (χ1) is 7.09. The minimum Gasteiger partial charge on any atom is -0.353 e. The molecule has 1 unspecified atom stereocenters. The molecule has 1 aliphatic rings. The summed E-state index contributed by atoms with van der Waals surface area (Å²) in [6.07, 6.45) is 6.96. The van der Waals surface area contributed by atoms with Gasteiger partial charge in [0.1, 0.15) is 0 Å². The lowest BCUT2D eigenvalue weighted by Crippen LogP contribution is -2.40. The lowest BCUT2D eigenvalue weighted by Gasteiger charge is -2.28. The van der Waals surface area contributed by atoms with E-state index in [1.807, 2.05) is 6.92 Å². The van der Waals surface area contributed by atoms with E-state index < -0.39 is 0 Å². The Kier molecular flexibility index (Phi) is 5.09. The molecule has 0 bridgehead atoms. The Morgan fingerprint density at radius 3 is 2.47 bits per heavy atom. The molecule has 15 heavy (non-hydrogen) atoms. The van der Waals surface area contributed by atoms with E-state index in [9.17, 15) is 4.79 Å². The summed E-state index contributed by atoms with van der Waals surface area (Å²) in [7, 11) is 0. The molecule has 88 valence electrons. The maximum Gasteiger partial charge on any atom is 0.221 e. The van der Waals surface area contributed by atoms with E-state index in [2.05, 4.69) is 12.2 Å². The summed E-state index contributed by atoms with van der Waals surface area (Å²) in [5.41, 5.74) is 5.59. The standard InChI is InChI=1S/C12H24N2O/c1-9(13)8-12(15)14-10(2)11-6-4-3-5-7-11/h9-11H,3-8,13H2,1-2H3,(H,14,15)/t9?,10-/m0/s1. The second-order valence-electron chi connectivity index (χ2n) is 4.94. The summed E-state index contributed by atoms with van der Waals surface area (Å²) in [6, 6.07) is 0.278. The van der Waals surface area contributed by atoms with E-state index >= 15 is 0 Å². The van der Waals surface area contributed by atoms with Crippen LogP contribution in [0.3, 0.4) is 0 Å². The van der Waals surface area contributed by atoms with Crippen LogP contribution in [0, 0.1) is 5.92 Å². The molecule has 1 saturated carbocycles. The summed E-state index contributed by atoms with van der Waals surface area (Å²) in [6.45, 7) is 3.99. The van der Waals surface area contributed by atoms with Crippen LogP contribution < -0.4 is 11.1 Å². The summed E-state index contributed by atoms with van der Waals surface area (Å²) >= 11 is 0. The highest BCUT2D eigenvalue weighted by Crippen LogP contribution is 2.26. The molecule has 0 aromatic rings. The highest BCUT2D eigenvalue weighted by Gasteiger charge is 2.21. The van der Waals surface area contributed by atoms with Gasteiger partial charge in [0, 0.05) is 18.5 Å². The van der Waals surface area contributed by atoms with Crippen LogP contribution in [-0.4, -0.2) is 18.0 Å². The van der Waals surface area contributed by atoms with Crippen LogP contribution in [0.1, 0.15) is 52.4 Å². The highest BCUT2D eigenvalue weighted by atomic mass is 16.1. The molecule has 0 aliphatic heterocycles. The topological polar surface area (TPSA) is 55.1 Å².